The van der Waals surface area contributed by atoms with Crippen molar-refractivity contribution in [2.24, 2.45) is 11.7 Å². The van der Waals surface area contributed by atoms with Gasteiger partial charge in [-0.1, -0.05) is 41.6 Å². The highest BCUT2D eigenvalue weighted by Crippen LogP contribution is 2.33. The molecular formula is C17H17N3O. The minimum Gasteiger partial charge on any atom is -0.339 e. The molecule has 0 aliphatic heterocycles. The van der Waals surface area contributed by atoms with Crippen LogP contribution in [0.2, 0.25) is 0 Å². The van der Waals surface area contributed by atoms with E-state index in [2.05, 4.69) is 34.4 Å². The quantitative estimate of drug-likeness (QED) is 0.796. The lowest BCUT2D eigenvalue weighted by atomic mass is 10.1. The summed E-state index contributed by atoms with van der Waals surface area (Å²) in [4.78, 5) is 4.48. The first-order valence-corrected chi connectivity index (χ1v) is 7.37. The van der Waals surface area contributed by atoms with Gasteiger partial charge in [-0.3, -0.25) is 0 Å². The topological polar surface area (TPSA) is 64.9 Å². The van der Waals surface area contributed by atoms with E-state index in [-0.39, 0.29) is 6.04 Å². The van der Waals surface area contributed by atoms with E-state index in [9.17, 15) is 0 Å². The highest BCUT2D eigenvalue weighted by atomic mass is 16.5. The number of benzene rings is 2. The van der Waals surface area contributed by atoms with E-state index in [4.69, 9.17) is 10.3 Å². The Kier molecular flexibility index (Phi) is 2.97. The second-order valence-electron chi connectivity index (χ2n) is 5.78. The standard InChI is InChI=1S/C17H17N3O/c18-15(12-6-7-12)10-16-19-17(20-21-16)14-8-5-11-3-1-2-4-13(11)9-14/h1-5,8-9,12,15H,6-7,10,18H2. The molecule has 0 bridgehead atoms. The molecule has 1 fully saturated rings. The molecule has 0 saturated heterocycles. The zero-order chi connectivity index (χ0) is 14.2. The molecule has 0 radical (unpaired) electrons. The maximum atomic E-state index is 6.11. The van der Waals surface area contributed by atoms with E-state index in [1.165, 1.54) is 23.6 Å². The van der Waals surface area contributed by atoms with Crippen LogP contribution in [0.25, 0.3) is 22.2 Å². The highest BCUT2D eigenvalue weighted by molar-refractivity contribution is 5.86. The Morgan fingerprint density at radius 2 is 1.95 bits per heavy atom. The molecule has 4 rings (SSSR count). The number of nitrogens with zero attached hydrogens (tertiary/aromatic N) is 2. The van der Waals surface area contributed by atoms with Gasteiger partial charge in [0.1, 0.15) is 0 Å². The van der Waals surface area contributed by atoms with Crippen LogP contribution in [0.4, 0.5) is 0 Å². The predicted molar refractivity (Wildman–Crippen MR) is 81.6 cm³/mol. The monoisotopic (exact) mass is 279 g/mol. The van der Waals surface area contributed by atoms with Crippen molar-refractivity contribution >= 4 is 10.8 Å². The van der Waals surface area contributed by atoms with Crippen LogP contribution in [-0.2, 0) is 6.42 Å². The second kappa shape index (κ2) is 4.97. The molecule has 1 aromatic heterocycles. The van der Waals surface area contributed by atoms with Gasteiger partial charge in [0.15, 0.2) is 0 Å². The Morgan fingerprint density at radius 3 is 2.76 bits per heavy atom. The summed E-state index contributed by atoms with van der Waals surface area (Å²) in [7, 11) is 0. The van der Waals surface area contributed by atoms with E-state index in [1.54, 1.807) is 0 Å². The Bertz CT molecular complexity index is 776. The van der Waals surface area contributed by atoms with E-state index in [1.807, 2.05) is 18.2 Å². The van der Waals surface area contributed by atoms with Gasteiger partial charge in [0.25, 0.3) is 0 Å². The van der Waals surface area contributed by atoms with Gasteiger partial charge in [-0.25, -0.2) is 0 Å². The van der Waals surface area contributed by atoms with Gasteiger partial charge in [0, 0.05) is 18.0 Å². The maximum absolute atomic E-state index is 6.11. The van der Waals surface area contributed by atoms with Crippen LogP contribution in [0, 0.1) is 5.92 Å². The second-order valence-corrected chi connectivity index (χ2v) is 5.78. The van der Waals surface area contributed by atoms with Crippen LogP contribution < -0.4 is 5.73 Å². The van der Waals surface area contributed by atoms with Crippen LogP contribution in [0.15, 0.2) is 47.0 Å². The lowest BCUT2D eigenvalue weighted by molar-refractivity contribution is 0.364. The third-order valence-electron chi connectivity index (χ3n) is 4.11. The van der Waals surface area contributed by atoms with Gasteiger partial charge in [-0.05, 0) is 35.6 Å². The van der Waals surface area contributed by atoms with Gasteiger partial charge in [0.05, 0.1) is 0 Å². The summed E-state index contributed by atoms with van der Waals surface area (Å²) in [5.41, 5.74) is 7.08. The molecule has 3 aromatic rings. The zero-order valence-corrected chi connectivity index (χ0v) is 11.7. The summed E-state index contributed by atoms with van der Waals surface area (Å²) in [6, 6.07) is 14.6. The molecule has 0 spiro atoms. The van der Waals surface area contributed by atoms with E-state index < -0.39 is 0 Å². The molecule has 0 amide bonds. The van der Waals surface area contributed by atoms with Crippen molar-refractivity contribution in [3.63, 3.8) is 0 Å². The average molecular weight is 279 g/mol. The van der Waals surface area contributed by atoms with E-state index in [0.717, 1.165) is 5.56 Å². The fraction of sp³-hybridized carbons (Fsp3) is 0.294. The summed E-state index contributed by atoms with van der Waals surface area (Å²) >= 11 is 0. The van der Waals surface area contributed by atoms with Gasteiger partial charge in [0.2, 0.25) is 11.7 Å². The van der Waals surface area contributed by atoms with E-state index in [0.29, 0.717) is 24.1 Å². The maximum Gasteiger partial charge on any atom is 0.228 e. The molecule has 4 heteroatoms. The lowest BCUT2D eigenvalue weighted by Gasteiger charge is -2.04. The Balaban J connectivity index is 1.60. The molecular weight excluding hydrogens is 262 g/mol. The van der Waals surface area contributed by atoms with Gasteiger partial charge >= 0.3 is 0 Å². The van der Waals surface area contributed by atoms with Crippen molar-refractivity contribution in [3.8, 4) is 11.4 Å². The average Bonchev–Trinajstić information content (AvgIpc) is 3.27. The van der Waals surface area contributed by atoms with Crippen molar-refractivity contribution in [1.82, 2.24) is 10.1 Å². The summed E-state index contributed by atoms with van der Waals surface area (Å²) in [5, 5.41) is 6.47. The first-order valence-electron chi connectivity index (χ1n) is 7.37. The van der Waals surface area contributed by atoms with Crippen LogP contribution in [0.5, 0.6) is 0 Å². The number of rotatable bonds is 4. The Hall–Kier alpha value is -2.20. The lowest BCUT2D eigenvalue weighted by Crippen LogP contribution is -2.25. The summed E-state index contributed by atoms with van der Waals surface area (Å²) in [6.07, 6.45) is 3.13. The first kappa shape index (κ1) is 12.5. The van der Waals surface area contributed by atoms with Crippen LogP contribution >= 0.6 is 0 Å². The summed E-state index contributed by atoms with van der Waals surface area (Å²) < 4.78 is 5.34. The van der Waals surface area contributed by atoms with Gasteiger partial charge in [-0.15, -0.1) is 0 Å². The Morgan fingerprint density at radius 1 is 1.14 bits per heavy atom. The fourth-order valence-corrected chi connectivity index (χ4v) is 2.68. The third kappa shape index (κ3) is 2.54. The van der Waals surface area contributed by atoms with Crippen molar-refractivity contribution in [2.45, 2.75) is 25.3 Å². The highest BCUT2D eigenvalue weighted by Gasteiger charge is 2.29. The fourth-order valence-electron chi connectivity index (χ4n) is 2.68. The minimum absolute atomic E-state index is 0.148. The zero-order valence-electron chi connectivity index (χ0n) is 11.7. The molecule has 1 aliphatic rings. The van der Waals surface area contributed by atoms with Crippen LogP contribution in [-0.4, -0.2) is 16.2 Å². The first-order chi connectivity index (χ1) is 10.3. The number of nitrogens with two attached hydrogens (primary N) is 1. The largest absolute Gasteiger partial charge is 0.339 e. The number of hydrogen-bond donors (Lipinski definition) is 1. The molecule has 21 heavy (non-hydrogen) atoms. The van der Waals surface area contributed by atoms with Crippen LogP contribution in [0.1, 0.15) is 18.7 Å². The van der Waals surface area contributed by atoms with Crippen molar-refractivity contribution in [3.05, 3.63) is 48.4 Å². The number of fused-ring (bicyclic) bond motifs is 1. The van der Waals surface area contributed by atoms with Crippen molar-refractivity contribution in [2.75, 3.05) is 0 Å². The SMILES string of the molecule is NC(Cc1nc(-c2ccc3ccccc3c2)no1)C1CC1. The van der Waals surface area contributed by atoms with Crippen molar-refractivity contribution in [1.29, 1.82) is 0 Å². The van der Waals surface area contributed by atoms with Crippen molar-refractivity contribution < 1.29 is 4.52 Å². The predicted octanol–water partition coefficient (Wildman–Crippen LogP) is 3.17. The molecule has 1 unspecified atom stereocenters. The molecule has 1 saturated carbocycles. The van der Waals surface area contributed by atoms with Gasteiger partial charge in [-0.2, -0.15) is 4.98 Å². The number of hydrogen-bond acceptors (Lipinski definition) is 4. The summed E-state index contributed by atoms with van der Waals surface area (Å²) in [5.74, 6) is 1.91. The molecule has 2 N–H and O–H groups in total. The van der Waals surface area contributed by atoms with Gasteiger partial charge < -0.3 is 10.3 Å². The molecule has 1 aliphatic carbocycles. The molecule has 1 atom stereocenters. The normalized spacial score (nSPS) is 16.2. The van der Waals surface area contributed by atoms with Crippen LogP contribution in [0.3, 0.4) is 0 Å². The summed E-state index contributed by atoms with van der Waals surface area (Å²) in [6.45, 7) is 0. The number of aromatic nitrogens is 2. The third-order valence-corrected chi connectivity index (χ3v) is 4.11. The molecule has 2 aromatic carbocycles. The molecule has 106 valence electrons. The molecule has 4 nitrogen and oxygen atoms in total. The smallest absolute Gasteiger partial charge is 0.228 e. The minimum atomic E-state index is 0.148. The Labute approximate surface area is 123 Å². The molecule has 1 heterocycles. The van der Waals surface area contributed by atoms with E-state index >= 15 is 0 Å².